The standard InChI is InChI=1S/C15H11Cl4NO4S/c1-8(15(21)22)20(14-11(18)3-2-4-12(14)19)25(23,24)13-7-9(16)5-6-10(13)17/h2-8H,1H3,(H,21,22). The summed E-state index contributed by atoms with van der Waals surface area (Å²) >= 11 is 24.1. The molecule has 0 spiro atoms. The Kier molecular flexibility index (Phi) is 6.12. The van der Waals surface area contributed by atoms with Gasteiger partial charge in [-0.2, -0.15) is 0 Å². The number of aliphatic carboxylic acids is 1. The third-order valence-corrected chi connectivity index (χ3v) is 6.49. The lowest BCUT2D eigenvalue weighted by Crippen LogP contribution is -2.43. The average molecular weight is 443 g/mol. The minimum atomic E-state index is -4.43. The molecule has 0 aromatic heterocycles. The van der Waals surface area contributed by atoms with Crippen LogP contribution in [0, 0.1) is 0 Å². The van der Waals surface area contributed by atoms with Gasteiger partial charge in [0.15, 0.2) is 0 Å². The molecule has 0 amide bonds. The molecule has 0 aliphatic carbocycles. The molecule has 2 aromatic rings. The van der Waals surface area contributed by atoms with Gasteiger partial charge in [0, 0.05) is 5.02 Å². The Morgan fingerprint density at radius 2 is 1.60 bits per heavy atom. The van der Waals surface area contributed by atoms with Gasteiger partial charge in [0.2, 0.25) is 0 Å². The van der Waals surface area contributed by atoms with E-state index in [1.807, 2.05) is 0 Å². The maximum absolute atomic E-state index is 13.2. The molecule has 0 fully saturated rings. The second-order valence-corrected chi connectivity index (χ2v) is 8.40. The van der Waals surface area contributed by atoms with Crippen molar-refractivity contribution >= 4 is 68.1 Å². The van der Waals surface area contributed by atoms with Crippen molar-refractivity contribution in [3.63, 3.8) is 0 Å². The molecule has 0 saturated carbocycles. The fourth-order valence-corrected chi connectivity index (χ4v) is 5.18. The van der Waals surface area contributed by atoms with Crippen molar-refractivity contribution < 1.29 is 18.3 Å². The third kappa shape index (κ3) is 3.99. The summed E-state index contributed by atoms with van der Waals surface area (Å²) in [4.78, 5) is 11.2. The molecule has 0 heterocycles. The summed E-state index contributed by atoms with van der Waals surface area (Å²) in [7, 11) is -4.43. The van der Waals surface area contributed by atoms with Gasteiger partial charge < -0.3 is 5.11 Å². The van der Waals surface area contributed by atoms with Crippen molar-refractivity contribution in [3.05, 3.63) is 56.5 Å². The molecule has 0 saturated heterocycles. The first kappa shape index (κ1) is 20.1. The Bertz CT molecular complexity index is 913. The lowest BCUT2D eigenvalue weighted by Gasteiger charge is -2.29. The van der Waals surface area contributed by atoms with Gasteiger partial charge in [-0.3, -0.25) is 0 Å². The lowest BCUT2D eigenvalue weighted by molar-refractivity contribution is -0.137. The number of hydrogen-bond acceptors (Lipinski definition) is 3. The molecule has 25 heavy (non-hydrogen) atoms. The summed E-state index contributed by atoms with van der Waals surface area (Å²) in [5.41, 5.74) is -0.156. The molecule has 0 aliphatic heterocycles. The molecule has 0 bridgehead atoms. The van der Waals surface area contributed by atoms with Crippen molar-refractivity contribution in [2.45, 2.75) is 17.9 Å². The highest BCUT2D eigenvalue weighted by Crippen LogP contribution is 2.39. The van der Waals surface area contributed by atoms with Crippen LogP contribution in [-0.2, 0) is 14.8 Å². The molecule has 5 nitrogen and oxygen atoms in total. The average Bonchev–Trinajstić information content (AvgIpc) is 2.52. The van der Waals surface area contributed by atoms with Gasteiger partial charge in [-0.25, -0.2) is 17.5 Å². The van der Waals surface area contributed by atoms with E-state index in [9.17, 15) is 18.3 Å². The van der Waals surface area contributed by atoms with E-state index in [0.717, 1.165) is 6.07 Å². The Morgan fingerprint density at radius 1 is 1.04 bits per heavy atom. The molecule has 1 atom stereocenters. The van der Waals surface area contributed by atoms with Crippen LogP contribution in [0.15, 0.2) is 41.3 Å². The fraction of sp³-hybridized carbons (Fsp3) is 0.133. The molecule has 0 aliphatic rings. The van der Waals surface area contributed by atoms with Crippen molar-refractivity contribution in [1.29, 1.82) is 0 Å². The van der Waals surface area contributed by atoms with E-state index in [1.54, 1.807) is 0 Å². The quantitative estimate of drug-likeness (QED) is 0.709. The molecule has 2 rings (SSSR count). The van der Waals surface area contributed by atoms with Crippen molar-refractivity contribution in [3.8, 4) is 0 Å². The van der Waals surface area contributed by atoms with Gasteiger partial charge in [-0.05, 0) is 37.3 Å². The van der Waals surface area contributed by atoms with E-state index in [0.29, 0.717) is 4.31 Å². The molecule has 1 N–H and O–H groups in total. The summed E-state index contributed by atoms with van der Waals surface area (Å²) < 4.78 is 26.9. The molecular weight excluding hydrogens is 432 g/mol. The number of sulfonamides is 1. The van der Waals surface area contributed by atoms with Gasteiger partial charge in [-0.1, -0.05) is 52.5 Å². The number of anilines is 1. The fourth-order valence-electron chi connectivity index (χ4n) is 2.10. The number of carboxylic acids is 1. The Balaban J connectivity index is 2.80. The second kappa shape index (κ2) is 7.60. The SMILES string of the molecule is CC(C(=O)O)N(c1c(Cl)cccc1Cl)S(=O)(=O)c1cc(Cl)ccc1Cl. The summed E-state index contributed by atoms with van der Waals surface area (Å²) in [6, 6.07) is 6.66. The van der Waals surface area contributed by atoms with Crippen LogP contribution in [-0.4, -0.2) is 25.5 Å². The van der Waals surface area contributed by atoms with E-state index in [-0.39, 0.29) is 30.7 Å². The molecule has 1 unspecified atom stereocenters. The molecular formula is C15H11Cl4NO4S. The highest BCUT2D eigenvalue weighted by molar-refractivity contribution is 7.93. The molecule has 2 aromatic carbocycles. The summed E-state index contributed by atoms with van der Waals surface area (Å²) in [6.45, 7) is 1.19. The van der Waals surface area contributed by atoms with Crippen LogP contribution in [0.2, 0.25) is 20.1 Å². The van der Waals surface area contributed by atoms with Crippen molar-refractivity contribution in [1.82, 2.24) is 0 Å². The van der Waals surface area contributed by atoms with Crippen LogP contribution < -0.4 is 4.31 Å². The lowest BCUT2D eigenvalue weighted by atomic mass is 10.2. The van der Waals surface area contributed by atoms with Crippen LogP contribution in [0.3, 0.4) is 0 Å². The van der Waals surface area contributed by atoms with E-state index < -0.39 is 22.0 Å². The second-order valence-electron chi connectivity index (χ2n) is 4.96. The first-order valence-corrected chi connectivity index (χ1v) is 9.69. The monoisotopic (exact) mass is 441 g/mol. The first-order valence-electron chi connectivity index (χ1n) is 6.73. The van der Waals surface area contributed by atoms with Crippen LogP contribution in [0.1, 0.15) is 6.92 Å². The van der Waals surface area contributed by atoms with E-state index in [4.69, 9.17) is 46.4 Å². The number of hydrogen-bond donors (Lipinski definition) is 1. The number of rotatable bonds is 5. The predicted octanol–water partition coefficient (Wildman–Crippen LogP) is 4.97. The third-order valence-electron chi connectivity index (χ3n) is 3.30. The van der Waals surface area contributed by atoms with E-state index >= 15 is 0 Å². The summed E-state index contributed by atoms with van der Waals surface area (Å²) in [5.74, 6) is -1.39. The molecule has 134 valence electrons. The number of benzene rings is 2. The number of nitrogens with zero attached hydrogens (tertiary/aromatic N) is 1. The van der Waals surface area contributed by atoms with Gasteiger partial charge in [0.1, 0.15) is 10.9 Å². The van der Waals surface area contributed by atoms with Gasteiger partial charge >= 0.3 is 5.97 Å². The number of carboxylic acid groups (broad SMARTS) is 1. The van der Waals surface area contributed by atoms with E-state index in [1.165, 1.54) is 37.3 Å². The zero-order valence-electron chi connectivity index (χ0n) is 12.6. The van der Waals surface area contributed by atoms with Crippen molar-refractivity contribution in [2.24, 2.45) is 0 Å². The Morgan fingerprint density at radius 3 is 2.12 bits per heavy atom. The first-order chi connectivity index (χ1) is 11.6. The topological polar surface area (TPSA) is 74.7 Å². The highest BCUT2D eigenvalue weighted by Gasteiger charge is 2.37. The normalized spacial score (nSPS) is 12.7. The minimum Gasteiger partial charge on any atom is -0.480 e. The predicted molar refractivity (Wildman–Crippen MR) is 99.7 cm³/mol. The number of carbonyl (C=O) groups is 1. The summed E-state index contributed by atoms with van der Waals surface area (Å²) in [6.07, 6.45) is 0. The van der Waals surface area contributed by atoms with Crippen LogP contribution in [0.4, 0.5) is 5.69 Å². The Labute approximate surface area is 164 Å². The largest absolute Gasteiger partial charge is 0.480 e. The number of halogens is 4. The molecule has 0 radical (unpaired) electrons. The maximum Gasteiger partial charge on any atom is 0.327 e. The van der Waals surface area contributed by atoms with Crippen molar-refractivity contribution in [2.75, 3.05) is 4.31 Å². The number of para-hydroxylation sites is 1. The van der Waals surface area contributed by atoms with E-state index in [2.05, 4.69) is 0 Å². The smallest absolute Gasteiger partial charge is 0.327 e. The maximum atomic E-state index is 13.2. The van der Waals surface area contributed by atoms with Crippen LogP contribution >= 0.6 is 46.4 Å². The zero-order chi connectivity index (χ0) is 18.9. The molecule has 10 heteroatoms. The van der Waals surface area contributed by atoms with Gasteiger partial charge in [-0.15, -0.1) is 0 Å². The highest BCUT2D eigenvalue weighted by atomic mass is 35.5. The zero-order valence-corrected chi connectivity index (χ0v) is 16.4. The van der Waals surface area contributed by atoms with Crippen LogP contribution in [0.5, 0.6) is 0 Å². The Hall–Kier alpha value is -1.18. The van der Waals surface area contributed by atoms with Crippen LogP contribution in [0.25, 0.3) is 0 Å². The minimum absolute atomic E-state index is 0.0256. The van der Waals surface area contributed by atoms with Gasteiger partial charge in [0.05, 0.1) is 20.8 Å². The summed E-state index contributed by atoms with van der Waals surface area (Å²) in [5, 5.41) is 9.33. The van der Waals surface area contributed by atoms with Gasteiger partial charge in [0.25, 0.3) is 10.0 Å².